The van der Waals surface area contributed by atoms with E-state index in [9.17, 15) is 4.79 Å². The van der Waals surface area contributed by atoms with E-state index in [1.807, 2.05) is 70.9 Å². The first-order chi connectivity index (χ1) is 21.0. The van der Waals surface area contributed by atoms with Crippen LogP contribution in [0.2, 0.25) is 5.02 Å². The first-order valence-electron chi connectivity index (χ1n) is 14.0. The van der Waals surface area contributed by atoms with Crippen molar-refractivity contribution in [3.05, 3.63) is 92.9 Å². The third kappa shape index (κ3) is 6.82. The summed E-state index contributed by atoms with van der Waals surface area (Å²) in [7, 11) is 3.30. The van der Waals surface area contributed by atoms with Crippen LogP contribution in [0.1, 0.15) is 26.6 Å². The molecule has 0 radical (unpaired) electrons. The molecular formula is C32H33ClN4O5S. The minimum Gasteiger partial charge on any atom is -0.497 e. The number of methoxy groups -OCH3 is 2. The number of piperazine rings is 1. The van der Waals surface area contributed by atoms with Crippen LogP contribution in [0.5, 0.6) is 23.0 Å². The van der Waals surface area contributed by atoms with Crippen molar-refractivity contribution in [2.45, 2.75) is 19.6 Å². The topological polar surface area (TPSA) is 76.6 Å². The molecule has 0 atom stereocenters. The Hall–Kier alpha value is -3.99. The Morgan fingerprint density at radius 2 is 1.79 bits per heavy atom. The van der Waals surface area contributed by atoms with Gasteiger partial charge in [0, 0.05) is 67.0 Å². The Balaban J connectivity index is 1.15. The van der Waals surface area contributed by atoms with Gasteiger partial charge in [0.05, 0.1) is 20.8 Å². The highest BCUT2D eigenvalue weighted by Crippen LogP contribution is 2.34. The van der Waals surface area contributed by atoms with E-state index in [1.54, 1.807) is 14.2 Å². The number of halogens is 1. The van der Waals surface area contributed by atoms with Gasteiger partial charge in [-0.15, -0.1) is 11.3 Å². The molecule has 1 fully saturated rings. The molecule has 224 valence electrons. The number of benzene rings is 3. The third-order valence-corrected chi connectivity index (χ3v) is 8.67. The number of rotatable bonds is 10. The van der Waals surface area contributed by atoms with Gasteiger partial charge in [-0.05, 0) is 42.0 Å². The van der Waals surface area contributed by atoms with E-state index in [0.717, 1.165) is 57.9 Å². The molecule has 2 aliphatic rings. The minimum absolute atomic E-state index is 0.0348. The number of ether oxygens (including phenoxy) is 4. The standard InChI is InChI=1S/C32H33ClN4O5S/c1-39-26-8-7-23(29(16-26)40-2)18-35(17-22-6-9-28-30(14-22)42-21-41-28)19-31-34-27(20-43-31)32(38)37-12-10-36(11-13-37)25-5-3-4-24(33)15-25/h3-9,14-16,20H,10-13,17-19,21H2,1-2H3. The van der Waals surface area contributed by atoms with E-state index in [2.05, 4.69) is 9.80 Å². The van der Waals surface area contributed by atoms with Crippen LogP contribution in [-0.2, 0) is 19.6 Å². The molecule has 6 rings (SSSR count). The number of amides is 1. The molecule has 0 unspecified atom stereocenters. The summed E-state index contributed by atoms with van der Waals surface area (Å²) in [5, 5.41) is 3.45. The van der Waals surface area contributed by atoms with Gasteiger partial charge in [-0.2, -0.15) is 0 Å². The van der Waals surface area contributed by atoms with Crippen LogP contribution < -0.4 is 23.8 Å². The number of hydrogen-bond acceptors (Lipinski definition) is 9. The van der Waals surface area contributed by atoms with Gasteiger partial charge in [0.25, 0.3) is 5.91 Å². The molecule has 11 heteroatoms. The molecule has 3 heterocycles. The largest absolute Gasteiger partial charge is 0.497 e. The van der Waals surface area contributed by atoms with Gasteiger partial charge < -0.3 is 28.7 Å². The molecule has 0 saturated carbocycles. The van der Waals surface area contributed by atoms with Gasteiger partial charge in [-0.3, -0.25) is 9.69 Å². The molecule has 3 aromatic carbocycles. The Morgan fingerprint density at radius 1 is 0.953 bits per heavy atom. The van der Waals surface area contributed by atoms with Crippen LogP contribution in [0.4, 0.5) is 5.69 Å². The number of fused-ring (bicyclic) bond motifs is 1. The van der Waals surface area contributed by atoms with Gasteiger partial charge in [0.1, 0.15) is 22.2 Å². The lowest BCUT2D eigenvalue weighted by atomic mass is 10.1. The number of carbonyl (C=O) groups is 1. The first-order valence-corrected chi connectivity index (χ1v) is 15.3. The Labute approximate surface area is 260 Å². The fourth-order valence-electron chi connectivity index (χ4n) is 5.36. The van der Waals surface area contributed by atoms with Crippen molar-refractivity contribution in [1.82, 2.24) is 14.8 Å². The normalized spacial score (nSPS) is 14.3. The highest BCUT2D eigenvalue weighted by molar-refractivity contribution is 7.09. The lowest BCUT2D eigenvalue weighted by Crippen LogP contribution is -2.48. The number of carbonyl (C=O) groups excluding carboxylic acids is 1. The van der Waals surface area contributed by atoms with Gasteiger partial charge in [-0.25, -0.2) is 4.98 Å². The molecule has 43 heavy (non-hydrogen) atoms. The summed E-state index contributed by atoms with van der Waals surface area (Å²) in [6, 6.07) is 19.7. The molecule has 1 saturated heterocycles. The van der Waals surface area contributed by atoms with Crippen molar-refractivity contribution >= 4 is 34.5 Å². The van der Waals surface area contributed by atoms with E-state index in [1.165, 1.54) is 11.3 Å². The zero-order valence-electron chi connectivity index (χ0n) is 24.1. The van der Waals surface area contributed by atoms with Gasteiger partial charge in [0.2, 0.25) is 6.79 Å². The highest BCUT2D eigenvalue weighted by Gasteiger charge is 2.25. The summed E-state index contributed by atoms with van der Waals surface area (Å²) in [4.78, 5) is 24.6. The van der Waals surface area contributed by atoms with Gasteiger partial charge in [0.15, 0.2) is 11.5 Å². The van der Waals surface area contributed by atoms with Gasteiger partial charge in [-0.1, -0.05) is 29.8 Å². The Morgan fingerprint density at radius 3 is 2.58 bits per heavy atom. The van der Waals surface area contributed by atoms with Crippen LogP contribution in [0.25, 0.3) is 0 Å². The molecular weight excluding hydrogens is 588 g/mol. The number of hydrogen-bond donors (Lipinski definition) is 0. The predicted octanol–water partition coefficient (Wildman–Crippen LogP) is 5.71. The SMILES string of the molecule is COc1ccc(CN(Cc2ccc3c(c2)OCO3)Cc2nc(C(=O)N3CCN(c4cccc(Cl)c4)CC3)cs2)c(OC)c1. The predicted molar refractivity (Wildman–Crippen MR) is 167 cm³/mol. The van der Waals surface area contributed by atoms with Crippen LogP contribution >= 0.6 is 22.9 Å². The number of anilines is 1. The van der Waals surface area contributed by atoms with Crippen molar-refractivity contribution in [1.29, 1.82) is 0 Å². The maximum atomic E-state index is 13.4. The fraction of sp³-hybridized carbons (Fsp3) is 0.312. The van der Waals surface area contributed by atoms with Gasteiger partial charge >= 0.3 is 0 Å². The molecule has 1 amide bonds. The molecule has 0 spiro atoms. The molecule has 0 N–H and O–H groups in total. The summed E-state index contributed by atoms with van der Waals surface area (Å²) in [6.45, 7) is 4.79. The van der Waals surface area contributed by atoms with E-state index >= 15 is 0 Å². The Bertz CT molecular complexity index is 1590. The second kappa shape index (κ2) is 13.1. The van der Waals surface area contributed by atoms with Crippen molar-refractivity contribution in [3.8, 4) is 23.0 Å². The van der Waals surface area contributed by atoms with E-state index in [0.29, 0.717) is 43.4 Å². The minimum atomic E-state index is -0.0348. The number of aromatic nitrogens is 1. The van der Waals surface area contributed by atoms with Crippen LogP contribution in [0.3, 0.4) is 0 Å². The smallest absolute Gasteiger partial charge is 0.273 e. The van der Waals surface area contributed by atoms with Crippen molar-refractivity contribution in [2.24, 2.45) is 0 Å². The van der Waals surface area contributed by atoms with E-state index in [4.69, 9.17) is 35.5 Å². The molecule has 0 bridgehead atoms. The maximum absolute atomic E-state index is 13.4. The average molecular weight is 621 g/mol. The summed E-state index contributed by atoms with van der Waals surface area (Å²) in [5.74, 6) is 2.95. The van der Waals surface area contributed by atoms with Crippen LogP contribution in [0, 0.1) is 0 Å². The quantitative estimate of drug-likeness (QED) is 0.223. The summed E-state index contributed by atoms with van der Waals surface area (Å²) in [6.07, 6.45) is 0. The summed E-state index contributed by atoms with van der Waals surface area (Å²) < 4.78 is 22.2. The third-order valence-electron chi connectivity index (χ3n) is 7.60. The van der Waals surface area contributed by atoms with Crippen molar-refractivity contribution < 1.29 is 23.7 Å². The number of thiazole rings is 1. The lowest BCUT2D eigenvalue weighted by molar-refractivity contribution is 0.0741. The molecule has 9 nitrogen and oxygen atoms in total. The van der Waals surface area contributed by atoms with E-state index < -0.39 is 0 Å². The van der Waals surface area contributed by atoms with E-state index in [-0.39, 0.29) is 12.7 Å². The molecule has 4 aromatic rings. The Kier molecular flexibility index (Phi) is 8.87. The maximum Gasteiger partial charge on any atom is 0.273 e. The average Bonchev–Trinajstić information content (AvgIpc) is 3.70. The zero-order chi connectivity index (χ0) is 29.8. The second-order valence-electron chi connectivity index (χ2n) is 10.4. The van der Waals surface area contributed by atoms with Crippen LogP contribution in [-0.4, -0.2) is 67.9 Å². The van der Waals surface area contributed by atoms with Crippen molar-refractivity contribution in [2.75, 3.05) is 52.1 Å². The molecule has 1 aromatic heterocycles. The molecule has 0 aliphatic carbocycles. The molecule has 2 aliphatic heterocycles. The first kappa shape index (κ1) is 29.1. The van der Waals surface area contributed by atoms with Crippen LogP contribution in [0.15, 0.2) is 66.0 Å². The number of nitrogens with zero attached hydrogens (tertiary/aromatic N) is 4. The summed E-state index contributed by atoms with van der Waals surface area (Å²) >= 11 is 7.68. The lowest BCUT2D eigenvalue weighted by Gasteiger charge is -2.35. The summed E-state index contributed by atoms with van der Waals surface area (Å²) in [5.41, 5.74) is 3.67. The van der Waals surface area contributed by atoms with Crippen molar-refractivity contribution in [3.63, 3.8) is 0 Å². The monoisotopic (exact) mass is 620 g/mol. The zero-order valence-corrected chi connectivity index (χ0v) is 25.7. The highest BCUT2D eigenvalue weighted by atomic mass is 35.5. The fourth-order valence-corrected chi connectivity index (χ4v) is 6.36. The second-order valence-corrected chi connectivity index (χ2v) is 11.8.